The van der Waals surface area contributed by atoms with Gasteiger partial charge in [0.25, 0.3) is 0 Å². The second kappa shape index (κ2) is 5.43. The second-order valence-corrected chi connectivity index (χ2v) is 5.78. The van der Waals surface area contributed by atoms with E-state index in [0.29, 0.717) is 18.0 Å². The summed E-state index contributed by atoms with van der Waals surface area (Å²) >= 11 is 0. The number of benzene rings is 1. The first-order valence-corrected chi connectivity index (χ1v) is 6.61. The highest BCUT2D eigenvalue weighted by molar-refractivity contribution is 7.89. The quantitative estimate of drug-likeness (QED) is 0.832. The van der Waals surface area contributed by atoms with Gasteiger partial charge in [0.1, 0.15) is 0 Å². The molecule has 0 aliphatic carbocycles. The number of hydrogen-bond donors (Lipinski definition) is 1. The molecule has 0 unspecified atom stereocenters. The Labute approximate surface area is 97.3 Å². The van der Waals surface area contributed by atoms with Crippen LogP contribution in [0.2, 0.25) is 0 Å². The lowest BCUT2D eigenvalue weighted by Crippen LogP contribution is -2.31. The van der Waals surface area contributed by atoms with Gasteiger partial charge >= 0.3 is 0 Å². The molecule has 0 bridgehead atoms. The van der Waals surface area contributed by atoms with Crippen molar-refractivity contribution in [1.29, 1.82) is 0 Å². The number of sulfonamides is 1. The first-order valence-electron chi connectivity index (χ1n) is 5.13. The largest absolute Gasteiger partial charge is 0.308 e. The van der Waals surface area contributed by atoms with Crippen LogP contribution in [0.5, 0.6) is 0 Å². The molecule has 0 atom stereocenters. The zero-order valence-corrected chi connectivity index (χ0v) is 10.7. The standard InChI is InChI=1S/C11H18N2O2S/c1-10-4-6-11(7-5-10)16(14,15)12-8-9-13(2)3/h4-7,12H,8-9H2,1-3H3. The smallest absolute Gasteiger partial charge is 0.240 e. The van der Waals surface area contributed by atoms with E-state index in [4.69, 9.17) is 0 Å². The van der Waals surface area contributed by atoms with Gasteiger partial charge in [-0.05, 0) is 33.2 Å². The van der Waals surface area contributed by atoms with Crippen LogP contribution in [-0.4, -0.2) is 40.5 Å². The molecule has 0 radical (unpaired) electrons. The SMILES string of the molecule is Cc1ccc(S(=O)(=O)NCCN(C)C)cc1. The molecular weight excluding hydrogens is 224 g/mol. The van der Waals surface area contributed by atoms with E-state index in [1.807, 2.05) is 25.9 Å². The first-order chi connectivity index (χ1) is 7.42. The third-order valence-corrected chi connectivity index (χ3v) is 3.66. The molecule has 1 aromatic carbocycles. The van der Waals surface area contributed by atoms with Crippen molar-refractivity contribution in [2.45, 2.75) is 11.8 Å². The minimum Gasteiger partial charge on any atom is -0.308 e. The highest BCUT2D eigenvalue weighted by atomic mass is 32.2. The van der Waals surface area contributed by atoms with E-state index >= 15 is 0 Å². The van der Waals surface area contributed by atoms with Crippen molar-refractivity contribution in [3.8, 4) is 0 Å². The lowest BCUT2D eigenvalue weighted by molar-refractivity contribution is 0.412. The molecule has 1 aromatic rings. The molecule has 5 heteroatoms. The maximum atomic E-state index is 11.8. The summed E-state index contributed by atoms with van der Waals surface area (Å²) < 4.78 is 26.1. The van der Waals surface area contributed by atoms with E-state index in [-0.39, 0.29) is 0 Å². The summed E-state index contributed by atoms with van der Waals surface area (Å²) in [5.74, 6) is 0. The molecule has 0 saturated heterocycles. The van der Waals surface area contributed by atoms with Crippen LogP contribution in [0, 0.1) is 6.92 Å². The molecule has 16 heavy (non-hydrogen) atoms. The van der Waals surface area contributed by atoms with E-state index in [1.54, 1.807) is 24.3 Å². The monoisotopic (exact) mass is 242 g/mol. The molecular formula is C11H18N2O2S. The molecule has 1 rings (SSSR count). The van der Waals surface area contributed by atoms with Crippen molar-refractivity contribution in [1.82, 2.24) is 9.62 Å². The van der Waals surface area contributed by atoms with Gasteiger partial charge in [0.15, 0.2) is 0 Å². The van der Waals surface area contributed by atoms with Crippen molar-refractivity contribution in [3.63, 3.8) is 0 Å². The number of hydrogen-bond acceptors (Lipinski definition) is 3. The summed E-state index contributed by atoms with van der Waals surface area (Å²) in [5, 5.41) is 0. The Morgan fingerprint density at radius 2 is 1.75 bits per heavy atom. The molecule has 0 spiro atoms. The third-order valence-electron chi connectivity index (χ3n) is 2.18. The normalized spacial score (nSPS) is 12.0. The van der Waals surface area contributed by atoms with E-state index in [2.05, 4.69) is 4.72 Å². The topological polar surface area (TPSA) is 49.4 Å². The van der Waals surface area contributed by atoms with E-state index < -0.39 is 10.0 Å². The van der Waals surface area contributed by atoms with Crippen LogP contribution in [0.15, 0.2) is 29.2 Å². The van der Waals surface area contributed by atoms with Crippen molar-refractivity contribution < 1.29 is 8.42 Å². The number of aryl methyl sites for hydroxylation is 1. The first kappa shape index (κ1) is 13.2. The molecule has 0 aliphatic rings. The van der Waals surface area contributed by atoms with E-state index in [0.717, 1.165) is 5.56 Å². The number of nitrogens with zero attached hydrogens (tertiary/aromatic N) is 1. The van der Waals surface area contributed by atoms with Crippen molar-refractivity contribution in [3.05, 3.63) is 29.8 Å². The zero-order chi connectivity index (χ0) is 12.2. The van der Waals surface area contributed by atoms with Crippen LogP contribution in [0.3, 0.4) is 0 Å². The lowest BCUT2D eigenvalue weighted by atomic mass is 10.2. The molecule has 0 aliphatic heterocycles. The fourth-order valence-electron chi connectivity index (χ4n) is 1.20. The zero-order valence-electron chi connectivity index (χ0n) is 9.90. The van der Waals surface area contributed by atoms with Crippen LogP contribution in [0.25, 0.3) is 0 Å². The second-order valence-electron chi connectivity index (χ2n) is 4.01. The Morgan fingerprint density at radius 3 is 2.25 bits per heavy atom. The van der Waals surface area contributed by atoms with Gasteiger partial charge in [-0.25, -0.2) is 13.1 Å². The molecule has 0 saturated carbocycles. The molecule has 0 amide bonds. The molecule has 0 aromatic heterocycles. The Balaban J connectivity index is 2.67. The van der Waals surface area contributed by atoms with Gasteiger partial charge in [-0.1, -0.05) is 17.7 Å². The van der Waals surface area contributed by atoms with Gasteiger partial charge in [-0.2, -0.15) is 0 Å². The Morgan fingerprint density at radius 1 is 1.19 bits per heavy atom. The predicted molar refractivity (Wildman–Crippen MR) is 64.9 cm³/mol. The summed E-state index contributed by atoms with van der Waals surface area (Å²) in [5.41, 5.74) is 1.05. The lowest BCUT2D eigenvalue weighted by Gasteiger charge is -2.11. The summed E-state index contributed by atoms with van der Waals surface area (Å²) in [6.45, 7) is 3.03. The number of likely N-dealkylation sites (N-methyl/N-ethyl adjacent to an activating group) is 1. The molecule has 4 nitrogen and oxygen atoms in total. The molecule has 0 heterocycles. The average Bonchev–Trinajstić information content (AvgIpc) is 2.17. The van der Waals surface area contributed by atoms with Gasteiger partial charge in [0.05, 0.1) is 4.90 Å². The summed E-state index contributed by atoms with van der Waals surface area (Å²) in [6.07, 6.45) is 0. The van der Waals surface area contributed by atoms with Gasteiger partial charge in [-0.3, -0.25) is 0 Å². The van der Waals surface area contributed by atoms with Gasteiger partial charge in [-0.15, -0.1) is 0 Å². The van der Waals surface area contributed by atoms with E-state index in [9.17, 15) is 8.42 Å². The maximum Gasteiger partial charge on any atom is 0.240 e. The minimum atomic E-state index is -3.35. The Hall–Kier alpha value is -0.910. The van der Waals surface area contributed by atoms with Crippen LogP contribution in [0.4, 0.5) is 0 Å². The van der Waals surface area contributed by atoms with Crippen LogP contribution < -0.4 is 4.72 Å². The molecule has 0 fully saturated rings. The van der Waals surface area contributed by atoms with Gasteiger partial charge < -0.3 is 4.90 Å². The van der Waals surface area contributed by atoms with Gasteiger partial charge in [0, 0.05) is 13.1 Å². The molecule has 90 valence electrons. The summed E-state index contributed by atoms with van der Waals surface area (Å²) in [4.78, 5) is 2.24. The fraction of sp³-hybridized carbons (Fsp3) is 0.455. The van der Waals surface area contributed by atoms with Crippen LogP contribution >= 0.6 is 0 Å². The Bertz CT molecular complexity index is 424. The number of rotatable bonds is 5. The molecule has 1 N–H and O–H groups in total. The summed E-state index contributed by atoms with van der Waals surface area (Å²) in [7, 11) is 0.457. The maximum absolute atomic E-state index is 11.8. The highest BCUT2D eigenvalue weighted by Crippen LogP contribution is 2.09. The van der Waals surface area contributed by atoms with E-state index in [1.165, 1.54) is 0 Å². The van der Waals surface area contributed by atoms with Crippen molar-refractivity contribution in [2.24, 2.45) is 0 Å². The predicted octanol–water partition coefficient (Wildman–Crippen LogP) is 0.835. The van der Waals surface area contributed by atoms with Gasteiger partial charge in [0.2, 0.25) is 10.0 Å². The number of nitrogens with one attached hydrogen (secondary N) is 1. The fourth-order valence-corrected chi connectivity index (χ4v) is 2.23. The van der Waals surface area contributed by atoms with Crippen molar-refractivity contribution >= 4 is 10.0 Å². The van der Waals surface area contributed by atoms with Crippen LogP contribution in [0.1, 0.15) is 5.56 Å². The van der Waals surface area contributed by atoms with Crippen molar-refractivity contribution in [2.75, 3.05) is 27.2 Å². The minimum absolute atomic E-state index is 0.317. The van der Waals surface area contributed by atoms with Crippen LogP contribution in [-0.2, 0) is 10.0 Å². The third kappa shape index (κ3) is 3.92. The summed E-state index contributed by atoms with van der Waals surface area (Å²) in [6, 6.07) is 6.82. The highest BCUT2D eigenvalue weighted by Gasteiger charge is 2.12. The average molecular weight is 242 g/mol. The Kier molecular flexibility index (Phi) is 4.46.